The summed E-state index contributed by atoms with van der Waals surface area (Å²) >= 11 is 3.33. The Kier molecular flexibility index (Phi) is 5.60. The topological polar surface area (TPSA) is 84.9 Å². The maximum absolute atomic E-state index is 12.8. The average molecular weight is 436 g/mol. The molecule has 0 saturated carbocycles. The van der Waals surface area contributed by atoms with E-state index in [1.54, 1.807) is 19.1 Å². The standard InChI is InChI=1S/C20H22BrNO5/c1-4-27-20(25)16-10(2)22-13-6-5-7-14(23)18(13)17(16)11-8-12(21)19(24)15(9-11)26-3/h6,8-9,17-18,22,24H,4-5,7H2,1-3H3. The largest absolute Gasteiger partial charge is 0.503 e. The second-order valence-corrected chi connectivity index (χ2v) is 7.41. The van der Waals surface area contributed by atoms with Gasteiger partial charge in [-0.1, -0.05) is 6.08 Å². The predicted octanol–water partition coefficient (Wildman–Crippen LogP) is 3.55. The second-order valence-electron chi connectivity index (χ2n) is 6.56. The SMILES string of the molecule is CCOC(=O)C1=C(C)NC2=CCCC(=O)C2C1c1cc(Br)c(O)c(OC)c1. The van der Waals surface area contributed by atoms with Gasteiger partial charge >= 0.3 is 5.97 Å². The third-order valence-electron chi connectivity index (χ3n) is 4.94. The first-order valence-electron chi connectivity index (χ1n) is 8.83. The van der Waals surface area contributed by atoms with Crippen molar-refractivity contribution in [3.63, 3.8) is 0 Å². The molecule has 2 aliphatic rings. The van der Waals surface area contributed by atoms with E-state index < -0.39 is 17.8 Å². The lowest BCUT2D eigenvalue weighted by Crippen LogP contribution is -2.40. The van der Waals surface area contributed by atoms with Gasteiger partial charge in [0, 0.05) is 23.7 Å². The Balaban J connectivity index is 2.22. The molecule has 3 rings (SSSR count). The van der Waals surface area contributed by atoms with Crippen molar-refractivity contribution in [1.82, 2.24) is 5.32 Å². The van der Waals surface area contributed by atoms with Crippen LogP contribution in [0.3, 0.4) is 0 Å². The maximum Gasteiger partial charge on any atom is 0.336 e. The minimum atomic E-state index is -0.518. The second kappa shape index (κ2) is 7.76. The highest BCUT2D eigenvalue weighted by Crippen LogP contribution is 2.47. The van der Waals surface area contributed by atoms with Crippen molar-refractivity contribution >= 4 is 27.7 Å². The lowest BCUT2D eigenvalue weighted by atomic mass is 9.71. The molecular weight excluding hydrogens is 414 g/mol. The number of phenolic OH excluding ortho intramolecular Hbond substituents is 1. The Bertz CT molecular complexity index is 858. The van der Waals surface area contributed by atoms with Crippen LogP contribution in [0.4, 0.5) is 0 Å². The summed E-state index contributed by atoms with van der Waals surface area (Å²) in [5, 5.41) is 13.4. The number of esters is 1. The van der Waals surface area contributed by atoms with E-state index in [9.17, 15) is 14.7 Å². The minimum Gasteiger partial charge on any atom is -0.503 e. The molecule has 6 nitrogen and oxygen atoms in total. The van der Waals surface area contributed by atoms with Crippen molar-refractivity contribution in [2.45, 2.75) is 32.6 Å². The van der Waals surface area contributed by atoms with Crippen LogP contribution in [0.2, 0.25) is 0 Å². The first-order valence-corrected chi connectivity index (χ1v) is 9.62. The number of nitrogens with one attached hydrogen (secondary N) is 1. The van der Waals surface area contributed by atoms with Gasteiger partial charge < -0.3 is 19.9 Å². The summed E-state index contributed by atoms with van der Waals surface area (Å²) in [5.41, 5.74) is 2.60. The first-order chi connectivity index (χ1) is 12.9. The third-order valence-corrected chi connectivity index (χ3v) is 5.55. The molecule has 144 valence electrons. The molecule has 2 atom stereocenters. The molecule has 27 heavy (non-hydrogen) atoms. The number of carbonyl (C=O) groups is 2. The van der Waals surface area contributed by atoms with Crippen LogP contribution in [0.1, 0.15) is 38.2 Å². The van der Waals surface area contributed by atoms with E-state index in [0.29, 0.717) is 34.1 Å². The molecule has 0 aromatic heterocycles. The summed E-state index contributed by atoms with van der Waals surface area (Å²) in [6, 6.07) is 3.39. The predicted molar refractivity (Wildman–Crippen MR) is 103 cm³/mol. The fourth-order valence-corrected chi connectivity index (χ4v) is 4.24. The van der Waals surface area contributed by atoms with Gasteiger partial charge in [0.2, 0.25) is 0 Å². The van der Waals surface area contributed by atoms with Crippen LogP contribution in [0, 0.1) is 5.92 Å². The van der Waals surface area contributed by atoms with E-state index in [0.717, 1.165) is 5.70 Å². The minimum absolute atomic E-state index is 0.0284. The number of halogens is 1. The molecule has 7 heteroatoms. The van der Waals surface area contributed by atoms with E-state index in [2.05, 4.69) is 21.2 Å². The smallest absolute Gasteiger partial charge is 0.336 e. The summed E-state index contributed by atoms with van der Waals surface area (Å²) in [6.07, 6.45) is 3.12. The zero-order valence-electron chi connectivity index (χ0n) is 15.5. The van der Waals surface area contributed by atoms with Gasteiger partial charge in [-0.3, -0.25) is 4.79 Å². The molecule has 0 bridgehead atoms. The van der Waals surface area contributed by atoms with Crippen molar-refractivity contribution in [3.8, 4) is 11.5 Å². The van der Waals surface area contributed by atoms with Gasteiger partial charge in [-0.25, -0.2) is 4.79 Å². The number of Topliss-reactive ketones (excluding diaryl/α,β-unsaturated/α-hetero) is 1. The van der Waals surface area contributed by atoms with Gasteiger partial charge in [0.05, 0.1) is 29.7 Å². The number of carbonyl (C=O) groups excluding carboxylic acids is 2. The van der Waals surface area contributed by atoms with Crippen LogP contribution in [-0.2, 0) is 14.3 Å². The molecule has 1 aliphatic heterocycles. The van der Waals surface area contributed by atoms with Crippen molar-refractivity contribution in [1.29, 1.82) is 0 Å². The fraction of sp³-hybridized carbons (Fsp3) is 0.400. The molecule has 0 spiro atoms. The lowest BCUT2D eigenvalue weighted by Gasteiger charge is -2.38. The van der Waals surface area contributed by atoms with Crippen LogP contribution < -0.4 is 10.1 Å². The summed E-state index contributed by atoms with van der Waals surface area (Å²) in [6.45, 7) is 3.80. The molecule has 0 radical (unpaired) electrons. The number of methoxy groups -OCH3 is 1. The Hall–Kier alpha value is -2.28. The van der Waals surface area contributed by atoms with Gasteiger partial charge in [-0.05, 0) is 53.9 Å². The number of fused-ring (bicyclic) bond motifs is 1. The first kappa shape index (κ1) is 19.5. The molecule has 1 heterocycles. The molecule has 0 amide bonds. The number of ketones is 1. The molecule has 1 aromatic rings. The molecule has 2 unspecified atom stereocenters. The summed E-state index contributed by atoms with van der Waals surface area (Å²) in [7, 11) is 1.46. The highest BCUT2D eigenvalue weighted by Gasteiger charge is 2.43. The van der Waals surface area contributed by atoms with Gasteiger partial charge in [0.25, 0.3) is 0 Å². The number of phenols is 1. The number of allylic oxidation sites excluding steroid dienone is 3. The number of hydrogen-bond acceptors (Lipinski definition) is 6. The summed E-state index contributed by atoms with van der Waals surface area (Å²) < 4.78 is 11.0. The zero-order chi connectivity index (χ0) is 19.7. The Morgan fingerprint density at radius 2 is 2.11 bits per heavy atom. The summed E-state index contributed by atoms with van der Waals surface area (Å²) in [5.74, 6) is -1.15. The van der Waals surface area contributed by atoms with E-state index in [1.165, 1.54) is 7.11 Å². The van der Waals surface area contributed by atoms with Gasteiger partial charge in [0.1, 0.15) is 5.78 Å². The monoisotopic (exact) mass is 435 g/mol. The van der Waals surface area contributed by atoms with Crippen LogP contribution >= 0.6 is 15.9 Å². The number of benzene rings is 1. The molecule has 1 aliphatic carbocycles. The van der Waals surface area contributed by atoms with Crippen LogP contribution in [0.25, 0.3) is 0 Å². The summed E-state index contributed by atoms with van der Waals surface area (Å²) in [4.78, 5) is 25.5. The highest BCUT2D eigenvalue weighted by molar-refractivity contribution is 9.10. The molecule has 0 saturated heterocycles. The molecule has 0 fully saturated rings. The van der Waals surface area contributed by atoms with Crippen LogP contribution in [0.15, 0.2) is 39.6 Å². The molecule has 2 N–H and O–H groups in total. The van der Waals surface area contributed by atoms with E-state index >= 15 is 0 Å². The lowest BCUT2D eigenvalue weighted by molar-refractivity contribution is -0.139. The van der Waals surface area contributed by atoms with Gasteiger partial charge in [-0.15, -0.1) is 0 Å². The van der Waals surface area contributed by atoms with Crippen molar-refractivity contribution in [2.24, 2.45) is 5.92 Å². The van der Waals surface area contributed by atoms with Gasteiger partial charge in [-0.2, -0.15) is 0 Å². The Morgan fingerprint density at radius 3 is 2.78 bits per heavy atom. The number of ether oxygens (including phenoxy) is 2. The van der Waals surface area contributed by atoms with Gasteiger partial charge in [0.15, 0.2) is 11.5 Å². The van der Waals surface area contributed by atoms with Crippen LogP contribution in [-0.4, -0.2) is 30.6 Å². The third kappa shape index (κ3) is 3.48. The van der Waals surface area contributed by atoms with Crippen molar-refractivity contribution in [3.05, 3.63) is 45.2 Å². The molecular formula is C20H22BrNO5. The van der Waals surface area contributed by atoms with E-state index in [1.807, 2.05) is 13.0 Å². The van der Waals surface area contributed by atoms with Crippen molar-refractivity contribution in [2.75, 3.05) is 13.7 Å². The maximum atomic E-state index is 12.8. The Morgan fingerprint density at radius 1 is 1.37 bits per heavy atom. The van der Waals surface area contributed by atoms with Crippen LogP contribution in [0.5, 0.6) is 11.5 Å². The quantitative estimate of drug-likeness (QED) is 0.703. The Labute approximate surface area is 166 Å². The molecule has 1 aromatic carbocycles. The normalized spacial score (nSPS) is 21.9. The fourth-order valence-electron chi connectivity index (χ4n) is 3.78. The van der Waals surface area contributed by atoms with Crippen molar-refractivity contribution < 1.29 is 24.2 Å². The van der Waals surface area contributed by atoms with E-state index in [4.69, 9.17) is 9.47 Å². The average Bonchev–Trinajstić information content (AvgIpc) is 2.63. The zero-order valence-corrected chi connectivity index (χ0v) is 17.1. The number of aromatic hydroxyl groups is 1. The number of rotatable bonds is 4. The van der Waals surface area contributed by atoms with E-state index in [-0.39, 0.29) is 23.9 Å². The number of hydrogen-bond donors (Lipinski definition) is 2. The highest BCUT2D eigenvalue weighted by atomic mass is 79.9.